The maximum atomic E-state index is 12.6. The molecule has 1 unspecified atom stereocenters. The number of carbonyl (C=O) groups is 2. The zero-order valence-electron chi connectivity index (χ0n) is 17.3. The first kappa shape index (κ1) is 24.7. The number of methoxy groups -OCH3 is 1. The Kier molecular flexibility index (Phi) is 7.13. The number of alkyl halides is 3. The molecule has 2 aliphatic rings. The van der Waals surface area contributed by atoms with Crippen molar-refractivity contribution in [1.29, 1.82) is 0 Å². The second-order valence-corrected chi connectivity index (χ2v) is 8.21. The van der Waals surface area contributed by atoms with E-state index in [1.807, 2.05) is 6.07 Å². The van der Waals surface area contributed by atoms with E-state index in [-0.39, 0.29) is 34.3 Å². The summed E-state index contributed by atoms with van der Waals surface area (Å²) in [5.41, 5.74) is 2.06. The lowest BCUT2D eigenvalue weighted by atomic mass is 10.2. The zero-order valence-corrected chi connectivity index (χ0v) is 19.0. The van der Waals surface area contributed by atoms with Gasteiger partial charge in [-0.05, 0) is 42.8 Å². The smallest absolute Gasteiger partial charge is 0.424 e. The number of carbonyl (C=O) groups excluding carboxylic acids is 2. The third kappa shape index (κ3) is 5.53. The number of nitrogens with zero attached hydrogens (tertiary/aromatic N) is 1. The second-order valence-electron chi connectivity index (χ2n) is 7.03. The summed E-state index contributed by atoms with van der Waals surface area (Å²) < 4.78 is 48.6. The number of ether oxygens (including phenoxy) is 1. The molecular formula is C21H18ClF3N2O5S. The van der Waals surface area contributed by atoms with Gasteiger partial charge in [-0.1, -0.05) is 11.6 Å². The standard InChI is InChI=1S/C14H5ClF3NO2.C7H13NO3S/c15-9-5-7(14(16,17)18)1-2-10(9)19-12-8-3-6(8)4-11(12)21-13(19)20;1-5(12)7(10)8-4-3-6(9)11-2/h1-5H;5,12H,3-4H2,1-2H3,(H,8,10). The summed E-state index contributed by atoms with van der Waals surface area (Å²) in [5.74, 6) is -1.19. The molecule has 0 spiro atoms. The summed E-state index contributed by atoms with van der Waals surface area (Å²) in [6.45, 7) is 1.97. The van der Waals surface area contributed by atoms with Crippen molar-refractivity contribution in [2.45, 2.75) is 24.8 Å². The fourth-order valence-corrected chi connectivity index (χ4v) is 3.30. The summed E-state index contributed by atoms with van der Waals surface area (Å²) in [5, 5.41) is 2.02. The van der Waals surface area contributed by atoms with Gasteiger partial charge in [-0.2, -0.15) is 25.8 Å². The van der Waals surface area contributed by atoms with E-state index in [0.717, 1.165) is 23.3 Å². The first-order chi connectivity index (χ1) is 15.4. The molecule has 4 rings (SSSR count). The van der Waals surface area contributed by atoms with E-state index in [9.17, 15) is 27.6 Å². The van der Waals surface area contributed by atoms with E-state index in [4.69, 9.17) is 16.0 Å². The van der Waals surface area contributed by atoms with Crippen LogP contribution in [0.3, 0.4) is 0 Å². The number of halogens is 4. The maximum absolute atomic E-state index is 12.6. The average Bonchev–Trinajstić information content (AvgIpc) is 3.29. The summed E-state index contributed by atoms with van der Waals surface area (Å²) in [4.78, 5) is 33.4. The Morgan fingerprint density at radius 1 is 1.27 bits per heavy atom. The molecule has 0 fully saturated rings. The van der Waals surface area contributed by atoms with Gasteiger partial charge in [0.25, 0.3) is 0 Å². The van der Waals surface area contributed by atoms with Gasteiger partial charge in [0.15, 0.2) is 5.58 Å². The van der Waals surface area contributed by atoms with Gasteiger partial charge < -0.3 is 14.5 Å². The third-order valence-electron chi connectivity index (χ3n) is 4.66. The minimum Gasteiger partial charge on any atom is -0.469 e. The molecule has 1 aromatic heterocycles. The molecule has 0 aliphatic heterocycles. The van der Waals surface area contributed by atoms with E-state index in [2.05, 4.69) is 22.7 Å². The summed E-state index contributed by atoms with van der Waals surface area (Å²) >= 11 is 9.84. The number of amides is 1. The number of hydrogen-bond acceptors (Lipinski definition) is 6. The number of rotatable bonds is 5. The number of benzene rings is 2. The molecule has 0 bridgehead atoms. The number of oxazole rings is 1. The van der Waals surface area contributed by atoms with Crippen LogP contribution in [0.25, 0.3) is 27.9 Å². The molecule has 1 amide bonds. The van der Waals surface area contributed by atoms with Crippen molar-refractivity contribution in [3.8, 4) is 16.8 Å². The lowest BCUT2D eigenvalue weighted by Crippen LogP contribution is -2.31. The second kappa shape index (κ2) is 9.52. The molecule has 7 nitrogen and oxygen atoms in total. The predicted octanol–water partition coefficient (Wildman–Crippen LogP) is 4.22. The lowest BCUT2D eigenvalue weighted by Gasteiger charge is -2.10. The highest BCUT2D eigenvalue weighted by atomic mass is 35.5. The molecular weight excluding hydrogens is 485 g/mol. The Morgan fingerprint density at radius 2 is 1.97 bits per heavy atom. The Morgan fingerprint density at radius 3 is 2.55 bits per heavy atom. The van der Waals surface area contributed by atoms with E-state index >= 15 is 0 Å². The molecule has 0 saturated heterocycles. The number of fused-ring (bicyclic) bond motifs is 3. The molecule has 1 heterocycles. The molecule has 0 saturated carbocycles. The largest absolute Gasteiger partial charge is 0.469 e. The van der Waals surface area contributed by atoms with Crippen LogP contribution in [-0.4, -0.2) is 35.3 Å². The topological polar surface area (TPSA) is 90.5 Å². The van der Waals surface area contributed by atoms with Crippen molar-refractivity contribution in [2.75, 3.05) is 13.7 Å². The van der Waals surface area contributed by atoms with Crippen molar-refractivity contribution in [1.82, 2.24) is 9.88 Å². The highest BCUT2D eigenvalue weighted by Gasteiger charge is 2.32. The SMILES string of the molecule is COC(=O)CCNC(=O)C(C)S.O=c1oc2cc3cc-3c2n1-c1ccc(C(F)(F)F)cc1Cl. The van der Waals surface area contributed by atoms with Crippen LogP contribution in [0.5, 0.6) is 0 Å². The summed E-state index contributed by atoms with van der Waals surface area (Å²) in [6.07, 6.45) is -4.29. The van der Waals surface area contributed by atoms with Crippen LogP contribution in [0.15, 0.2) is 39.5 Å². The van der Waals surface area contributed by atoms with Crippen molar-refractivity contribution in [3.05, 3.63) is 51.5 Å². The molecule has 0 radical (unpaired) electrons. The van der Waals surface area contributed by atoms with Crippen LogP contribution in [0.2, 0.25) is 5.02 Å². The molecule has 2 aliphatic carbocycles. The van der Waals surface area contributed by atoms with Gasteiger partial charge in [0.1, 0.15) is 5.52 Å². The molecule has 1 atom stereocenters. The fraction of sp³-hybridized carbons (Fsp3) is 0.286. The maximum Gasteiger partial charge on any atom is 0.424 e. The van der Waals surface area contributed by atoms with Crippen LogP contribution < -0.4 is 11.1 Å². The van der Waals surface area contributed by atoms with Gasteiger partial charge in [0, 0.05) is 12.1 Å². The quantitative estimate of drug-likeness (QED) is 0.315. The van der Waals surface area contributed by atoms with Crippen molar-refractivity contribution >= 4 is 47.2 Å². The van der Waals surface area contributed by atoms with Crippen molar-refractivity contribution < 1.29 is 31.9 Å². The molecule has 12 heteroatoms. The number of esters is 1. The monoisotopic (exact) mass is 502 g/mol. The van der Waals surface area contributed by atoms with Gasteiger partial charge in [-0.25, -0.2) is 9.36 Å². The van der Waals surface area contributed by atoms with Crippen LogP contribution in [0.1, 0.15) is 18.9 Å². The predicted molar refractivity (Wildman–Crippen MR) is 119 cm³/mol. The molecule has 1 N–H and O–H groups in total. The van der Waals surface area contributed by atoms with E-state index in [0.29, 0.717) is 17.6 Å². The van der Waals surface area contributed by atoms with Gasteiger partial charge in [0.05, 0.1) is 35.1 Å². The molecule has 2 aromatic rings. The van der Waals surface area contributed by atoms with Gasteiger partial charge >= 0.3 is 17.9 Å². The third-order valence-corrected chi connectivity index (χ3v) is 5.19. The summed E-state index contributed by atoms with van der Waals surface area (Å²) in [7, 11) is 1.31. The Hall–Kier alpha value is -2.92. The van der Waals surface area contributed by atoms with Crippen LogP contribution in [-0.2, 0) is 20.5 Å². The first-order valence-electron chi connectivity index (χ1n) is 9.53. The van der Waals surface area contributed by atoms with Crippen LogP contribution >= 0.6 is 24.2 Å². The van der Waals surface area contributed by atoms with E-state index in [1.165, 1.54) is 17.7 Å². The lowest BCUT2D eigenvalue weighted by molar-refractivity contribution is -0.140. The number of aromatic nitrogens is 1. The van der Waals surface area contributed by atoms with Crippen molar-refractivity contribution in [2.24, 2.45) is 0 Å². The minimum absolute atomic E-state index is 0.162. The normalized spacial score (nSPS) is 12.6. The minimum atomic E-state index is -4.49. The van der Waals surface area contributed by atoms with E-state index < -0.39 is 17.5 Å². The molecule has 176 valence electrons. The van der Waals surface area contributed by atoms with Gasteiger partial charge in [-0.3, -0.25) is 9.59 Å². The number of hydrogen-bond donors (Lipinski definition) is 2. The van der Waals surface area contributed by atoms with Crippen molar-refractivity contribution in [3.63, 3.8) is 0 Å². The zero-order chi connectivity index (χ0) is 24.5. The molecule has 33 heavy (non-hydrogen) atoms. The number of thiol groups is 1. The summed E-state index contributed by atoms with van der Waals surface area (Å²) in [6, 6.07) is 6.42. The first-order valence-corrected chi connectivity index (χ1v) is 10.4. The highest BCUT2D eigenvalue weighted by Crippen LogP contribution is 2.44. The van der Waals surface area contributed by atoms with E-state index in [1.54, 1.807) is 13.0 Å². The van der Waals surface area contributed by atoms with Crippen LogP contribution in [0.4, 0.5) is 13.2 Å². The Labute approximate surface area is 195 Å². The fourth-order valence-electron chi connectivity index (χ4n) is 2.95. The molecule has 1 aromatic carbocycles. The van der Waals surface area contributed by atoms with Gasteiger partial charge in [0.2, 0.25) is 5.91 Å². The van der Waals surface area contributed by atoms with Gasteiger partial charge in [-0.15, -0.1) is 0 Å². The Bertz CT molecular complexity index is 1280. The number of nitrogens with one attached hydrogen (secondary N) is 1. The average molecular weight is 503 g/mol. The Balaban J connectivity index is 0.000000221. The van der Waals surface area contributed by atoms with Crippen LogP contribution in [0, 0.1) is 0 Å². The highest BCUT2D eigenvalue weighted by molar-refractivity contribution is 7.81.